The average molecular weight is 336 g/mol. The van der Waals surface area contributed by atoms with Gasteiger partial charge in [0.15, 0.2) is 0 Å². The van der Waals surface area contributed by atoms with Gasteiger partial charge in [-0.05, 0) is 30.3 Å². The van der Waals surface area contributed by atoms with E-state index in [-0.39, 0.29) is 10.6 Å². The van der Waals surface area contributed by atoms with Gasteiger partial charge in [0.1, 0.15) is 5.75 Å². The fourth-order valence-electron chi connectivity index (χ4n) is 1.82. The zero-order chi connectivity index (χ0) is 15.6. The van der Waals surface area contributed by atoms with E-state index < -0.39 is 12.1 Å². The molecule has 2 rings (SSSR count). The maximum Gasteiger partial charge on any atom is 0.573 e. The quantitative estimate of drug-likeness (QED) is 0.788. The molecule has 0 aromatic heterocycles. The smallest absolute Gasteiger partial charge is 0.405 e. The van der Waals surface area contributed by atoms with Crippen LogP contribution in [0, 0.1) is 0 Å². The van der Waals surface area contributed by atoms with E-state index in [4.69, 9.17) is 23.2 Å². The number of benzene rings is 2. The summed E-state index contributed by atoms with van der Waals surface area (Å²) in [4.78, 5) is 0. The number of anilines is 1. The molecule has 2 nitrogen and oxygen atoms in total. The molecular formula is C14H10Cl2F3NO. The highest BCUT2D eigenvalue weighted by Gasteiger charge is 2.32. The van der Waals surface area contributed by atoms with Crippen molar-refractivity contribution < 1.29 is 17.9 Å². The number of halogens is 5. The molecule has 0 amide bonds. The zero-order valence-corrected chi connectivity index (χ0v) is 12.3. The molecule has 112 valence electrons. The van der Waals surface area contributed by atoms with Crippen LogP contribution in [-0.4, -0.2) is 13.4 Å². The predicted octanol–water partition coefficient (Wildman–Crippen LogP) is 5.60. The van der Waals surface area contributed by atoms with Gasteiger partial charge in [-0.2, -0.15) is 0 Å². The lowest BCUT2D eigenvalue weighted by atomic mass is 10.0. The van der Waals surface area contributed by atoms with Crippen LogP contribution in [0.2, 0.25) is 10.0 Å². The Hall–Kier alpha value is -1.59. The Kier molecular flexibility index (Phi) is 4.54. The van der Waals surface area contributed by atoms with Crippen LogP contribution >= 0.6 is 23.2 Å². The largest absolute Gasteiger partial charge is 0.573 e. The van der Waals surface area contributed by atoms with Gasteiger partial charge in [0.05, 0.1) is 5.02 Å². The molecule has 0 spiro atoms. The third-order valence-corrected chi connectivity index (χ3v) is 3.27. The van der Waals surface area contributed by atoms with Crippen LogP contribution in [-0.2, 0) is 0 Å². The minimum absolute atomic E-state index is 0.140. The Bertz CT molecular complexity index is 659. The molecule has 2 aromatic rings. The summed E-state index contributed by atoms with van der Waals surface area (Å²) >= 11 is 11.8. The van der Waals surface area contributed by atoms with Gasteiger partial charge in [-0.15, -0.1) is 13.2 Å². The van der Waals surface area contributed by atoms with E-state index in [1.54, 1.807) is 25.2 Å². The molecule has 0 atom stereocenters. The normalized spacial score (nSPS) is 11.3. The molecule has 0 unspecified atom stereocenters. The Balaban J connectivity index is 2.53. The lowest BCUT2D eigenvalue weighted by molar-refractivity contribution is -0.274. The molecule has 0 heterocycles. The van der Waals surface area contributed by atoms with E-state index in [2.05, 4.69) is 10.1 Å². The van der Waals surface area contributed by atoms with Crippen molar-refractivity contribution in [1.29, 1.82) is 0 Å². The molecule has 0 radical (unpaired) electrons. The molecule has 7 heteroatoms. The van der Waals surface area contributed by atoms with E-state index in [0.29, 0.717) is 10.6 Å². The molecule has 0 bridgehead atoms. The molecule has 1 N–H and O–H groups in total. The van der Waals surface area contributed by atoms with Gasteiger partial charge in [-0.1, -0.05) is 29.3 Å². The van der Waals surface area contributed by atoms with E-state index in [9.17, 15) is 13.2 Å². The maximum atomic E-state index is 12.5. The van der Waals surface area contributed by atoms with Gasteiger partial charge in [-0.3, -0.25) is 0 Å². The summed E-state index contributed by atoms with van der Waals surface area (Å²) < 4.78 is 41.5. The minimum atomic E-state index is -4.81. The predicted molar refractivity (Wildman–Crippen MR) is 78.1 cm³/mol. The van der Waals surface area contributed by atoms with E-state index in [1.165, 1.54) is 12.1 Å². The van der Waals surface area contributed by atoms with E-state index >= 15 is 0 Å². The highest BCUT2D eigenvalue weighted by molar-refractivity contribution is 6.34. The van der Waals surface area contributed by atoms with E-state index in [0.717, 1.165) is 11.8 Å². The number of ether oxygens (including phenoxy) is 1. The van der Waals surface area contributed by atoms with Crippen molar-refractivity contribution >= 4 is 28.9 Å². The van der Waals surface area contributed by atoms with Crippen molar-refractivity contribution in [3.8, 4) is 16.9 Å². The summed E-state index contributed by atoms with van der Waals surface area (Å²) in [5.41, 5.74) is 1.38. The van der Waals surface area contributed by atoms with Crippen molar-refractivity contribution in [3.63, 3.8) is 0 Å². The number of hydrogen-bond donors (Lipinski definition) is 1. The first-order valence-electron chi connectivity index (χ1n) is 5.83. The lowest BCUT2D eigenvalue weighted by Gasteiger charge is -2.15. The van der Waals surface area contributed by atoms with Crippen molar-refractivity contribution in [3.05, 3.63) is 46.4 Å². The molecule has 0 fully saturated rings. The standard InChI is InChI=1S/C14H10Cl2F3NO/c1-20-9-3-5-10(12(16)7-9)11-4-2-8(15)6-13(11)21-14(17,18)19/h2-7,20H,1H3. The van der Waals surface area contributed by atoms with Gasteiger partial charge >= 0.3 is 6.36 Å². The molecule has 0 saturated heterocycles. The Labute approximate surface area is 129 Å². The first kappa shape index (κ1) is 15.8. The van der Waals surface area contributed by atoms with Crippen molar-refractivity contribution in [2.24, 2.45) is 0 Å². The molecular weight excluding hydrogens is 326 g/mol. The van der Waals surface area contributed by atoms with Crippen LogP contribution in [0.1, 0.15) is 0 Å². The van der Waals surface area contributed by atoms with Crippen LogP contribution in [0.25, 0.3) is 11.1 Å². The summed E-state index contributed by atoms with van der Waals surface area (Å²) in [5, 5.41) is 3.33. The fraction of sp³-hybridized carbons (Fsp3) is 0.143. The van der Waals surface area contributed by atoms with Gasteiger partial charge in [0.25, 0.3) is 0 Å². The van der Waals surface area contributed by atoms with Crippen molar-refractivity contribution in [2.45, 2.75) is 6.36 Å². The van der Waals surface area contributed by atoms with Gasteiger partial charge in [0, 0.05) is 28.9 Å². The average Bonchev–Trinajstić information content (AvgIpc) is 2.37. The van der Waals surface area contributed by atoms with Gasteiger partial charge in [-0.25, -0.2) is 0 Å². The van der Waals surface area contributed by atoms with Crippen molar-refractivity contribution in [1.82, 2.24) is 0 Å². The van der Waals surface area contributed by atoms with Gasteiger partial charge < -0.3 is 10.1 Å². The number of rotatable bonds is 3. The van der Waals surface area contributed by atoms with Crippen LogP contribution in [0.4, 0.5) is 18.9 Å². The Morgan fingerprint density at radius 2 is 1.67 bits per heavy atom. The third-order valence-electron chi connectivity index (χ3n) is 2.72. The second kappa shape index (κ2) is 6.03. The Morgan fingerprint density at radius 1 is 1.00 bits per heavy atom. The summed E-state index contributed by atoms with van der Waals surface area (Å²) in [6, 6.07) is 8.94. The molecule has 21 heavy (non-hydrogen) atoms. The fourth-order valence-corrected chi connectivity index (χ4v) is 2.26. The highest BCUT2D eigenvalue weighted by Crippen LogP contribution is 2.39. The first-order valence-corrected chi connectivity index (χ1v) is 6.59. The highest BCUT2D eigenvalue weighted by atomic mass is 35.5. The summed E-state index contributed by atoms with van der Waals surface area (Å²) in [7, 11) is 1.71. The van der Waals surface area contributed by atoms with Gasteiger partial charge in [0.2, 0.25) is 0 Å². The molecule has 0 aliphatic rings. The monoisotopic (exact) mass is 335 g/mol. The van der Waals surface area contributed by atoms with Crippen molar-refractivity contribution in [2.75, 3.05) is 12.4 Å². The summed E-state index contributed by atoms with van der Waals surface area (Å²) in [5.74, 6) is -0.394. The van der Waals surface area contributed by atoms with Crippen LogP contribution < -0.4 is 10.1 Å². The molecule has 2 aromatic carbocycles. The lowest BCUT2D eigenvalue weighted by Crippen LogP contribution is -2.17. The van der Waals surface area contributed by atoms with Crippen LogP contribution in [0.3, 0.4) is 0 Å². The first-order chi connectivity index (χ1) is 9.80. The summed E-state index contributed by atoms with van der Waals surface area (Å²) in [6.45, 7) is 0. The zero-order valence-electron chi connectivity index (χ0n) is 10.8. The van der Waals surface area contributed by atoms with E-state index in [1.807, 2.05) is 0 Å². The number of alkyl halides is 3. The molecule has 0 saturated carbocycles. The number of nitrogens with one attached hydrogen (secondary N) is 1. The molecule has 0 aliphatic heterocycles. The third kappa shape index (κ3) is 3.95. The Morgan fingerprint density at radius 3 is 2.24 bits per heavy atom. The second-order valence-corrected chi connectivity index (χ2v) is 4.98. The van der Waals surface area contributed by atoms with Crippen LogP contribution in [0.5, 0.6) is 5.75 Å². The van der Waals surface area contributed by atoms with Crippen LogP contribution in [0.15, 0.2) is 36.4 Å². The minimum Gasteiger partial charge on any atom is -0.405 e. The maximum absolute atomic E-state index is 12.5. The SMILES string of the molecule is CNc1ccc(-c2ccc(Cl)cc2OC(F)(F)F)c(Cl)c1. The summed E-state index contributed by atoms with van der Waals surface area (Å²) in [6.07, 6.45) is -4.81. The molecule has 0 aliphatic carbocycles. The topological polar surface area (TPSA) is 21.3 Å². The number of hydrogen-bond acceptors (Lipinski definition) is 2. The second-order valence-electron chi connectivity index (χ2n) is 4.13.